The van der Waals surface area contributed by atoms with Gasteiger partial charge in [0.1, 0.15) is 18.4 Å². The van der Waals surface area contributed by atoms with E-state index in [0.29, 0.717) is 17.9 Å². The van der Waals surface area contributed by atoms with Gasteiger partial charge in [0.2, 0.25) is 0 Å². The van der Waals surface area contributed by atoms with E-state index in [1.807, 2.05) is 42.5 Å². The molecule has 1 atom stereocenters. The van der Waals surface area contributed by atoms with Crippen molar-refractivity contribution in [1.82, 2.24) is 5.32 Å². The first-order valence-electron chi connectivity index (χ1n) is 9.06. The Morgan fingerprint density at radius 3 is 2.31 bits per heavy atom. The molecule has 3 rings (SSSR count). The molecule has 0 aliphatic heterocycles. The number of carbonyl (C=O) groups is 2. The molecule has 3 aromatic rings. The number of hydrogen-bond donors (Lipinski definition) is 2. The Labute approximate surface area is 177 Å². The number of carboxylic acids is 1. The maximum atomic E-state index is 12.4. The molecule has 5 nitrogen and oxygen atoms in total. The van der Waals surface area contributed by atoms with Crippen LogP contribution in [0.2, 0.25) is 0 Å². The second-order valence-corrected chi connectivity index (χ2v) is 7.41. The van der Waals surface area contributed by atoms with Gasteiger partial charge < -0.3 is 15.2 Å². The number of nitrogens with one attached hydrogen (secondary N) is 1. The first-order chi connectivity index (χ1) is 14.0. The van der Waals surface area contributed by atoms with Crippen LogP contribution in [0.25, 0.3) is 0 Å². The van der Waals surface area contributed by atoms with Gasteiger partial charge in [-0.05, 0) is 41.5 Å². The molecule has 0 heterocycles. The van der Waals surface area contributed by atoms with Crippen molar-refractivity contribution in [3.8, 4) is 5.75 Å². The summed E-state index contributed by atoms with van der Waals surface area (Å²) < 4.78 is 6.50. The van der Waals surface area contributed by atoms with E-state index in [-0.39, 0.29) is 6.42 Å². The normalized spacial score (nSPS) is 11.5. The molecule has 148 valence electrons. The van der Waals surface area contributed by atoms with Gasteiger partial charge in [0, 0.05) is 16.5 Å². The van der Waals surface area contributed by atoms with Crippen molar-refractivity contribution in [3.63, 3.8) is 0 Å². The number of aliphatic carboxylic acids is 1. The first-order valence-corrected chi connectivity index (χ1v) is 9.85. The molecule has 6 heteroatoms. The fourth-order valence-electron chi connectivity index (χ4n) is 2.77. The van der Waals surface area contributed by atoms with Gasteiger partial charge in [-0.1, -0.05) is 64.5 Å². The molecular formula is C23H20BrNO4. The van der Waals surface area contributed by atoms with E-state index < -0.39 is 17.9 Å². The van der Waals surface area contributed by atoms with Crippen LogP contribution in [0.1, 0.15) is 21.5 Å². The molecule has 0 saturated heterocycles. The van der Waals surface area contributed by atoms with Gasteiger partial charge in [-0.25, -0.2) is 4.79 Å². The van der Waals surface area contributed by atoms with Crippen molar-refractivity contribution < 1.29 is 19.4 Å². The molecule has 0 saturated carbocycles. The van der Waals surface area contributed by atoms with Gasteiger partial charge in [0.15, 0.2) is 0 Å². The lowest BCUT2D eigenvalue weighted by atomic mass is 10.1. The maximum absolute atomic E-state index is 12.4. The van der Waals surface area contributed by atoms with Crippen molar-refractivity contribution in [2.75, 3.05) is 0 Å². The number of carboxylic acid groups (broad SMARTS) is 1. The second-order valence-electron chi connectivity index (χ2n) is 6.50. The molecule has 0 unspecified atom stereocenters. The van der Waals surface area contributed by atoms with Gasteiger partial charge in [0.05, 0.1) is 0 Å². The van der Waals surface area contributed by atoms with Crippen LogP contribution in [0.4, 0.5) is 0 Å². The Morgan fingerprint density at radius 2 is 1.66 bits per heavy atom. The van der Waals surface area contributed by atoms with E-state index in [2.05, 4.69) is 21.2 Å². The van der Waals surface area contributed by atoms with Crippen LogP contribution in [0.5, 0.6) is 5.75 Å². The highest BCUT2D eigenvalue weighted by Crippen LogP contribution is 2.16. The number of hydrogen-bond acceptors (Lipinski definition) is 3. The Hall–Kier alpha value is -3.12. The lowest BCUT2D eigenvalue weighted by Gasteiger charge is -2.15. The molecule has 0 fully saturated rings. The summed E-state index contributed by atoms with van der Waals surface area (Å²) in [4.78, 5) is 24.0. The highest BCUT2D eigenvalue weighted by Gasteiger charge is 2.21. The average molecular weight is 454 g/mol. The highest BCUT2D eigenvalue weighted by atomic mass is 79.9. The number of amides is 1. The monoisotopic (exact) mass is 453 g/mol. The van der Waals surface area contributed by atoms with Crippen molar-refractivity contribution in [3.05, 3.63) is 100 Å². The van der Waals surface area contributed by atoms with E-state index in [0.717, 1.165) is 15.6 Å². The highest BCUT2D eigenvalue weighted by molar-refractivity contribution is 9.10. The Kier molecular flexibility index (Phi) is 7.03. The summed E-state index contributed by atoms with van der Waals surface area (Å²) in [5.74, 6) is -0.818. The molecule has 0 aliphatic rings. The van der Waals surface area contributed by atoms with Gasteiger partial charge in [-0.2, -0.15) is 0 Å². The van der Waals surface area contributed by atoms with E-state index in [1.54, 1.807) is 36.4 Å². The van der Waals surface area contributed by atoms with Crippen LogP contribution in [-0.4, -0.2) is 23.0 Å². The fourth-order valence-corrected chi connectivity index (χ4v) is 3.17. The molecule has 3 aromatic carbocycles. The lowest BCUT2D eigenvalue weighted by molar-refractivity contribution is -0.139. The SMILES string of the molecule is O=C(N[C@@H](Cc1ccc(OCc2ccccc2)cc1)C(=O)O)c1cccc(Br)c1. The molecule has 2 N–H and O–H groups in total. The second kappa shape index (κ2) is 9.89. The van der Waals surface area contributed by atoms with Crippen molar-refractivity contribution in [2.45, 2.75) is 19.1 Å². The summed E-state index contributed by atoms with van der Waals surface area (Å²) in [5.41, 5.74) is 2.26. The number of ether oxygens (including phenoxy) is 1. The van der Waals surface area contributed by atoms with Crippen LogP contribution >= 0.6 is 15.9 Å². The number of carbonyl (C=O) groups excluding carboxylic acids is 1. The summed E-state index contributed by atoms with van der Waals surface area (Å²) >= 11 is 3.31. The minimum absolute atomic E-state index is 0.175. The van der Waals surface area contributed by atoms with Gasteiger partial charge >= 0.3 is 5.97 Å². The molecule has 0 aromatic heterocycles. The molecular weight excluding hydrogens is 434 g/mol. The van der Waals surface area contributed by atoms with Crippen LogP contribution in [-0.2, 0) is 17.8 Å². The third-order valence-corrected chi connectivity index (χ3v) is 4.79. The van der Waals surface area contributed by atoms with Gasteiger partial charge in [-0.3, -0.25) is 4.79 Å². The van der Waals surface area contributed by atoms with E-state index >= 15 is 0 Å². The van der Waals surface area contributed by atoms with E-state index in [4.69, 9.17) is 4.74 Å². The predicted molar refractivity (Wildman–Crippen MR) is 114 cm³/mol. The molecule has 29 heavy (non-hydrogen) atoms. The van der Waals surface area contributed by atoms with Gasteiger partial charge in [0.25, 0.3) is 5.91 Å². The number of benzene rings is 3. The van der Waals surface area contributed by atoms with E-state index in [1.165, 1.54) is 0 Å². The largest absolute Gasteiger partial charge is 0.489 e. The number of rotatable bonds is 8. The maximum Gasteiger partial charge on any atom is 0.326 e. The zero-order valence-electron chi connectivity index (χ0n) is 15.5. The number of halogens is 1. The summed E-state index contributed by atoms with van der Waals surface area (Å²) in [6.07, 6.45) is 0.175. The third kappa shape index (κ3) is 6.19. The average Bonchev–Trinajstić information content (AvgIpc) is 2.73. The Morgan fingerprint density at radius 1 is 0.931 bits per heavy atom. The molecule has 0 spiro atoms. The summed E-state index contributed by atoms with van der Waals surface area (Å²) in [6, 6.07) is 22.8. The standard InChI is InChI=1S/C23H20BrNO4/c24-19-8-4-7-18(14-19)22(26)25-21(23(27)28)13-16-9-11-20(12-10-16)29-15-17-5-2-1-3-6-17/h1-12,14,21H,13,15H2,(H,25,26)(H,27,28)/t21-/m0/s1. The summed E-state index contributed by atoms with van der Waals surface area (Å²) in [5, 5.41) is 12.1. The minimum Gasteiger partial charge on any atom is -0.489 e. The first kappa shape index (κ1) is 20.6. The van der Waals surface area contributed by atoms with Crippen LogP contribution in [0.3, 0.4) is 0 Å². The molecule has 0 radical (unpaired) electrons. The fraction of sp³-hybridized carbons (Fsp3) is 0.130. The van der Waals surface area contributed by atoms with Crippen molar-refractivity contribution >= 4 is 27.8 Å². The smallest absolute Gasteiger partial charge is 0.326 e. The van der Waals surface area contributed by atoms with E-state index in [9.17, 15) is 14.7 Å². The lowest BCUT2D eigenvalue weighted by Crippen LogP contribution is -2.42. The molecule has 0 bridgehead atoms. The Bertz CT molecular complexity index is 974. The quantitative estimate of drug-likeness (QED) is 0.527. The zero-order valence-corrected chi connectivity index (χ0v) is 17.1. The Balaban J connectivity index is 1.60. The molecule has 1 amide bonds. The molecule has 0 aliphatic carbocycles. The van der Waals surface area contributed by atoms with Crippen LogP contribution in [0, 0.1) is 0 Å². The predicted octanol–water partition coefficient (Wildman–Crippen LogP) is 4.45. The minimum atomic E-state index is -1.09. The van der Waals surface area contributed by atoms with Gasteiger partial charge in [-0.15, -0.1) is 0 Å². The summed E-state index contributed by atoms with van der Waals surface area (Å²) in [6.45, 7) is 0.459. The van der Waals surface area contributed by atoms with Crippen molar-refractivity contribution in [1.29, 1.82) is 0 Å². The summed E-state index contributed by atoms with van der Waals surface area (Å²) in [7, 11) is 0. The third-order valence-electron chi connectivity index (χ3n) is 4.30. The zero-order chi connectivity index (χ0) is 20.6. The van der Waals surface area contributed by atoms with Crippen molar-refractivity contribution in [2.24, 2.45) is 0 Å². The topological polar surface area (TPSA) is 75.6 Å². The van der Waals surface area contributed by atoms with Crippen LogP contribution in [0.15, 0.2) is 83.3 Å². The van der Waals surface area contributed by atoms with Crippen LogP contribution < -0.4 is 10.1 Å².